The molecule has 66 valence electrons. The molecule has 0 atom stereocenters. The van der Waals surface area contributed by atoms with E-state index in [1.165, 1.54) is 17.5 Å². The van der Waals surface area contributed by atoms with Gasteiger partial charge in [-0.25, -0.2) is 4.98 Å². The number of aromatic nitrogens is 3. The Labute approximate surface area is 91.2 Å². The normalized spacial score (nSPS) is 10.3. The molecule has 2 aromatic heterocycles. The molecule has 0 aliphatic carbocycles. The molecule has 0 aromatic carbocycles. The van der Waals surface area contributed by atoms with E-state index in [9.17, 15) is 4.39 Å². The van der Waals surface area contributed by atoms with E-state index in [1.807, 2.05) is 22.6 Å². The van der Waals surface area contributed by atoms with Gasteiger partial charge in [0.05, 0.1) is 5.56 Å². The lowest BCUT2D eigenvalue weighted by Gasteiger charge is -1.93. The van der Waals surface area contributed by atoms with Gasteiger partial charge in [0.15, 0.2) is 8.02 Å². The van der Waals surface area contributed by atoms with Crippen molar-refractivity contribution in [2.24, 2.45) is 0 Å². The van der Waals surface area contributed by atoms with E-state index < -0.39 is 5.95 Å². The van der Waals surface area contributed by atoms with Gasteiger partial charge in [0.2, 0.25) is 5.95 Å². The van der Waals surface area contributed by atoms with Gasteiger partial charge in [-0.2, -0.15) is 4.39 Å². The standard InChI is InChI=1S/C7H3FIN3S/c8-5-4(2-1-3-10-5)6-11-12-7(9)13-6/h1-3H. The van der Waals surface area contributed by atoms with Crippen molar-refractivity contribution in [1.29, 1.82) is 0 Å². The number of halogens is 2. The lowest BCUT2D eigenvalue weighted by molar-refractivity contribution is 0.587. The largest absolute Gasteiger partial charge is 0.228 e. The Kier molecular flexibility index (Phi) is 2.49. The van der Waals surface area contributed by atoms with E-state index in [1.54, 1.807) is 12.1 Å². The first-order valence-electron chi connectivity index (χ1n) is 3.37. The monoisotopic (exact) mass is 307 g/mol. The summed E-state index contributed by atoms with van der Waals surface area (Å²) in [5, 5.41) is 8.19. The fourth-order valence-electron chi connectivity index (χ4n) is 0.860. The summed E-state index contributed by atoms with van der Waals surface area (Å²) in [6.45, 7) is 0. The van der Waals surface area contributed by atoms with Gasteiger partial charge >= 0.3 is 0 Å². The molecule has 0 saturated carbocycles. The summed E-state index contributed by atoms with van der Waals surface area (Å²) in [5.74, 6) is -0.505. The van der Waals surface area contributed by atoms with Crippen molar-refractivity contribution in [2.75, 3.05) is 0 Å². The SMILES string of the molecule is Fc1ncccc1-c1nnc(I)s1. The van der Waals surface area contributed by atoms with Gasteiger partial charge in [0, 0.05) is 6.20 Å². The van der Waals surface area contributed by atoms with Gasteiger partial charge in [-0.3, -0.25) is 0 Å². The lowest BCUT2D eigenvalue weighted by atomic mass is 10.3. The molecule has 0 fully saturated rings. The molecular weight excluding hydrogens is 304 g/mol. The molecule has 2 heterocycles. The first-order chi connectivity index (χ1) is 6.27. The highest BCUT2D eigenvalue weighted by Gasteiger charge is 2.09. The van der Waals surface area contributed by atoms with Gasteiger partial charge in [0.25, 0.3) is 0 Å². The minimum absolute atomic E-state index is 0.405. The van der Waals surface area contributed by atoms with Crippen molar-refractivity contribution in [3.63, 3.8) is 0 Å². The van der Waals surface area contributed by atoms with E-state index >= 15 is 0 Å². The molecule has 0 spiro atoms. The Balaban J connectivity index is 2.52. The van der Waals surface area contributed by atoms with E-state index in [0.717, 1.165) is 3.01 Å². The molecule has 0 bridgehead atoms. The van der Waals surface area contributed by atoms with Gasteiger partial charge in [0.1, 0.15) is 0 Å². The third-order valence-corrected chi connectivity index (χ3v) is 3.01. The van der Waals surface area contributed by atoms with Crippen LogP contribution in [0.3, 0.4) is 0 Å². The number of hydrogen-bond acceptors (Lipinski definition) is 4. The zero-order valence-corrected chi connectivity index (χ0v) is 9.21. The predicted octanol–water partition coefficient (Wildman–Crippen LogP) is 2.34. The van der Waals surface area contributed by atoms with E-state index in [4.69, 9.17) is 0 Å². The second-order valence-corrected chi connectivity index (χ2v) is 4.93. The molecule has 0 N–H and O–H groups in total. The van der Waals surface area contributed by atoms with Crippen LogP contribution in [-0.4, -0.2) is 15.2 Å². The van der Waals surface area contributed by atoms with Crippen LogP contribution in [-0.2, 0) is 0 Å². The second-order valence-electron chi connectivity index (χ2n) is 2.20. The molecule has 6 heteroatoms. The molecule has 2 aromatic rings. The van der Waals surface area contributed by atoms with Crippen molar-refractivity contribution in [2.45, 2.75) is 0 Å². The highest BCUT2D eigenvalue weighted by atomic mass is 127. The average Bonchev–Trinajstić information content (AvgIpc) is 2.53. The van der Waals surface area contributed by atoms with Crippen LogP contribution in [0.5, 0.6) is 0 Å². The van der Waals surface area contributed by atoms with Crippen molar-refractivity contribution in [3.05, 3.63) is 27.3 Å². The van der Waals surface area contributed by atoms with Crippen LogP contribution < -0.4 is 0 Å². The smallest absolute Gasteiger partial charge is 0.223 e. The Bertz CT molecular complexity index is 431. The highest BCUT2D eigenvalue weighted by molar-refractivity contribution is 14.1. The van der Waals surface area contributed by atoms with Crippen LogP contribution >= 0.6 is 33.9 Å². The molecule has 0 radical (unpaired) electrons. The van der Waals surface area contributed by atoms with Crippen molar-refractivity contribution < 1.29 is 4.39 Å². The van der Waals surface area contributed by atoms with E-state index in [2.05, 4.69) is 15.2 Å². The van der Waals surface area contributed by atoms with Gasteiger partial charge < -0.3 is 0 Å². The molecule has 0 amide bonds. The maximum atomic E-state index is 13.1. The minimum Gasteiger partial charge on any atom is -0.228 e. The summed E-state index contributed by atoms with van der Waals surface area (Å²) >= 11 is 3.38. The topological polar surface area (TPSA) is 38.7 Å². The van der Waals surface area contributed by atoms with Crippen LogP contribution in [0.1, 0.15) is 0 Å². The van der Waals surface area contributed by atoms with Crippen molar-refractivity contribution in [1.82, 2.24) is 15.2 Å². The molecule has 3 nitrogen and oxygen atoms in total. The summed E-state index contributed by atoms with van der Waals surface area (Å²) in [6.07, 6.45) is 1.41. The van der Waals surface area contributed by atoms with Gasteiger partial charge in [-0.15, -0.1) is 10.2 Å². The number of nitrogens with zero attached hydrogens (tertiary/aromatic N) is 3. The Morgan fingerprint density at radius 3 is 2.85 bits per heavy atom. The summed E-state index contributed by atoms with van der Waals surface area (Å²) in [5.41, 5.74) is 0.405. The molecule has 0 aliphatic heterocycles. The number of rotatable bonds is 1. The predicted molar refractivity (Wildman–Crippen MR) is 55.8 cm³/mol. The van der Waals surface area contributed by atoms with Crippen LogP contribution in [0.4, 0.5) is 4.39 Å². The van der Waals surface area contributed by atoms with Crippen LogP contribution in [0, 0.1) is 8.96 Å². The van der Waals surface area contributed by atoms with Gasteiger partial charge in [-0.1, -0.05) is 11.3 Å². The summed E-state index contributed by atoms with van der Waals surface area (Å²) in [4.78, 5) is 3.53. The maximum Gasteiger partial charge on any atom is 0.223 e. The number of hydrogen-bond donors (Lipinski definition) is 0. The fourth-order valence-corrected chi connectivity index (χ4v) is 2.18. The summed E-state index contributed by atoms with van der Waals surface area (Å²) in [7, 11) is 0. The minimum atomic E-state index is -0.505. The van der Waals surface area contributed by atoms with Crippen molar-refractivity contribution >= 4 is 33.9 Å². The second kappa shape index (κ2) is 3.62. The zero-order valence-electron chi connectivity index (χ0n) is 6.24. The van der Waals surface area contributed by atoms with E-state index in [0.29, 0.717) is 10.6 Å². The highest BCUT2D eigenvalue weighted by Crippen LogP contribution is 2.25. The summed E-state index contributed by atoms with van der Waals surface area (Å²) < 4.78 is 13.9. The Morgan fingerprint density at radius 2 is 2.23 bits per heavy atom. The third-order valence-electron chi connectivity index (χ3n) is 1.39. The van der Waals surface area contributed by atoms with E-state index in [-0.39, 0.29) is 0 Å². The quantitative estimate of drug-likeness (QED) is 0.599. The molecule has 0 unspecified atom stereocenters. The van der Waals surface area contributed by atoms with Crippen LogP contribution in [0.25, 0.3) is 10.6 Å². The first kappa shape index (κ1) is 8.95. The third kappa shape index (κ3) is 1.83. The maximum absolute atomic E-state index is 13.1. The van der Waals surface area contributed by atoms with Gasteiger partial charge in [-0.05, 0) is 34.7 Å². The number of pyridine rings is 1. The van der Waals surface area contributed by atoms with Crippen LogP contribution in [0.2, 0.25) is 0 Å². The van der Waals surface area contributed by atoms with Crippen molar-refractivity contribution in [3.8, 4) is 10.6 Å². The molecule has 0 aliphatic rings. The molecule has 0 saturated heterocycles. The first-order valence-corrected chi connectivity index (χ1v) is 5.27. The Morgan fingerprint density at radius 1 is 1.38 bits per heavy atom. The lowest BCUT2D eigenvalue weighted by Crippen LogP contribution is -1.86. The zero-order chi connectivity index (χ0) is 9.26. The average molecular weight is 307 g/mol. The Hall–Kier alpha value is -0.630. The molecule has 2 rings (SSSR count). The molecular formula is C7H3FIN3S. The fraction of sp³-hybridized carbons (Fsp3) is 0. The summed E-state index contributed by atoms with van der Waals surface area (Å²) in [6, 6.07) is 3.31. The molecule has 13 heavy (non-hydrogen) atoms. The van der Waals surface area contributed by atoms with Crippen LogP contribution in [0.15, 0.2) is 18.3 Å².